The van der Waals surface area contributed by atoms with Gasteiger partial charge in [0, 0.05) is 18.0 Å². The molecular weight excluding hydrogens is 248 g/mol. The van der Waals surface area contributed by atoms with Crippen LogP contribution in [0.4, 0.5) is 0 Å². The number of nitriles is 1. The zero-order chi connectivity index (χ0) is 13.5. The first kappa shape index (κ1) is 14.7. The van der Waals surface area contributed by atoms with E-state index in [9.17, 15) is 0 Å². The van der Waals surface area contributed by atoms with Crippen molar-refractivity contribution in [1.29, 1.82) is 5.26 Å². The third kappa shape index (κ3) is 3.31. The summed E-state index contributed by atoms with van der Waals surface area (Å²) in [7, 11) is 3.25. The first-order chi connectivity index (χ1) is 8.67. The van der Waals surface area contributed by atoms with Crippen molar-refractivity contribution in [3.8, 4) is 17.6 Å². The zero-order valence-electron chi connectivity index (χ0n) is 10.9. The van der Waals surface area contributed by atoms with Crippen LogP contribution >= 0.6 is 11.8 Å². The van der Waals surface area contributed by atoms with Crippen molar-refractivity contribution >= 4 is 11.8 Å². The second kappa shape index (κ2) is 7.14. The van der Waals surface area contributed by atoms with Crippen LogP contribution in [-0.2, 0) is 0 Å². The lowest BCUT2D eigenvalue weighted by Crippen LogP contribution is -2.11. The van der Waals surface area contributed by atoms with Crippen LogP contribution in [0.15, 0.2) is 17.0 Å². The van der Waals surface area contributed by atoms with Crippen LogP contribution in [0.5, 0.6) is 11.5 Å². The fourth-order valence-corrected chi connectivity index (χ4v) is 2.29. The number of ether oxygens (including phenoxy) is 2. The van der Waals surface area contributed by atoms with Gasteiger partial charge in [-0.1, -0.05) is 0 Å². The van der Waals surface area contributed by atoms with E-state index < -0.39 is 0 Å². The first-order valence-corrected chi connectivity index (χ1v) is 6.82. The Morgan fingerprint density at radius 2 is 2.00 bits per heavy atom. The summed E-state index contributed by atoms with van der Waals surface area (Å²) in [5.41, 5.74) is 6.96. The van der Waals surface area contributed by atoms with Crippen molar-refractivity contribution in [2.45, 2.75) is 23.8 Å². The zero-order valence-corrected chi connectivity index (χ0v) is 11.7. The molecule has 0 fully saturated rings. The number of nitrogens with two attached hydrogens (primary N) is 1. The predicted octanol–water partition coefficient (Wildman–Crippen LogP) is 2.73. The minimum absolute atomic E-state index is 0.218. The molecule has 1 rings (SSSR count). The fraction of sp³-hybridized carbons (Fsp3) is 0.462. The molecule has 2 N–H and O–H groups in total. The molecule has 5 heteroatoms. The maximum atomic E-state index is 8.61. The number of hydrogen-bond donors (Lipinski definition) is 1. The summed E-state index contributed by atoms with van der Waals surface area (Å²) in [5.74, 6) is 1.52. The number of hydrogen-bond acceptors (Lipinski definition) is 5. The van der Waals surface area contributed by atoms with E-state index in [4.69, 9.17) is 20.5 Å². The van der Waals surface area contributed by atoms with E-state index in [2.05, 4.69) is 6.07 Å². The van der Waals surface area contributed by atoms with E-state index in [-0.39, 0.29) is 6.04 Å². The minimum atomic E-state index is -0.218. The van der Waals surface area contributed by atoms with Gasteiger partial charge in [-0.15, -0.1) is 11.8 Å². The molecule has 98 valence electrons. The smallest absolute Gasteiger partial charge is 0.133 e. The van der Waals surface area contributed by atoms with Gasteiger partial charge in [0.25, 0.3) is 0 Å². The molecule has 0 saturated carbocycles. The Hall–Kier alpha value is -1.38. The van der Waals surface area contributed by atoms with Crippen molar-refractivity contribution in [3.05, 3.63) is 17.7 Å². The van der Waals surface area contributed by atoms with E-state index in [0.717, 1.165) is 22.0 Å². The van der Waals surface area contributed by atoms with Crippen molar-refractivity contribution in [2.75, 3.05) is 20.5 Å². The van der Waals surface area contributed by atoms with Gasteiger partial charge in [-0.05, 0) is 24.8 Å². The Kier molecular flexibility index (Phi) is 5.83. The Bertz CT molecular complexity index is 443. The number of benzene rings is 1. The Morgan fingerprint density at radius 1 is 1.33 bits per heavy atom. The SMILES string of the molecule is COc1cc(C(N)CCC#N)c(OC)cc1SC. The van der Waals surface area contributed by atoms with Crippen LogP contribution in [0.2, 0.25) is 0 Å². The van der Waals surface area contributed by atoms with Crippen LogP contribution in [0.25, 0.3) is 0 Å². The quantitative estimate of drug-likeness (QED) is 0.802. The molecule has 0 aliphatic rings. The number of nitrogens with zero attached hydrogens (tertiary/aromatic N) is 1. The molecule has 0 aliphatic carbocycles. The molecule has 0 amide bonds. The Morgan fingerprint density at radius 3 is 2.50 bits per heavy atom. The second-order valence-corrected chi connectivity index (χ2v) is 4.60. The highest BCUT2D eigenvalue weighted by Gasteiger charge is 2.16. The average Bonchev–Trinajstić information content (AvgIpc) is 2.42. The van der Waals surface area contributed by atoms with Gasteiger partial charge in [-0.3, -0.25) is 0 Å². The van der Waals surface area contributed by atoms with Crippen LogP contribution in [0.1, 0.15) is 24.4 Å². The van der Waals surface area contributed by atoms with Gasteiger partial charge in [0.15, 0.2) is 0 Å². The Labute approximate surface area is 112 Å². The summed E-state index contributed by atoms with van der Waals surface area (Å²) >= 11 is 1.59. The molecule has 18 heavy (non-hydrogen) atoms. The highest BCUT2D eigenvalue weighted by molar-refractivity contribution is 7.98. The molecule has 0 bridgehead atoms. The monoisotopic (exact) mass is 266 g/mol. The molecule has 0 heterocycles. The normalized spacial score (nSPS) is 11.7. The average molecular weight is 266 g/mol. The largest absolute Gasteiger partial charge is 0.496 e. The van der Waals surface area contributed by atoms with Gasteiger partial charge in [0.1, 0.15) is 11.5 Å². The van der Waals surface area contributed by atoms with Crippen LogP contribution in [0, 0.1) is 11.3 Å². The highest BCUT2D eigenvalue weighted by Crippen LogP contribution is 2.37. The molecule has 4 nitrogen and oxygen atoms in total. The van der Waals surface area contributed by atoms with E-state index in [1.807, 2.05) is 18.4 Å². The van der Waals surface area contributed by atoms with Crippen molar-refractivity contribution in [2.24, 2.45) is 5.73 Å². The Balaban J connectivity index is 3.13. The molecular formula is C13H18N2O2S. The van der Waals surface area contributed by atoms with Crippen LogP contribution in [0.3, 0.4) is 0 Å². The lowest BCUT2D eigenvalue weighted by atomic mass is 10.0. The van der Waals surface area contributed by atoms with Crippen molar-refractivity contribution in [3.63, 3.8) is 0 Å². The van der Waals surface area contributed by atoms with Gasteiger partial charge in [0.2, 0.25) is 0 Å². The number of rotatable bonds is 6. The topological polar surface area (TPSA) is 68.3 Å². The molecule has 0 saturated heterocycles. The number of thioether (sulfide) groups is 1. The molecule has 1 aromatic rings. The first-order valence-electron chi connectivity index (χ1n) is 5.60. The third-order valence-corrected chi connectivity index (χ3v) is 3.46. The third-order valence-electron chi connectivity index (χ3n) is 2.70. The van der Waals surface area contributed by atoms with Crippen LogP contribution < -0.4 is 15.2 Å². The summed E-state index contributed by atoms with van der Waals surface area (Å²) in [6.45, 7) is 0. The van der Waals surface area contributed by atoms with Gasteiger partial charge < -0.3 is 15.2 Å². The van der Waals surface area contributed by atoms with Crippen molar-refractivity contribution < 1.29 is 9.47 Å². The second-order valence-electron chi connectivity index (χ2n) is 3.75. The molecule has 1 aromatic carbocycles. The highest BCUT2D eigenvalue weighted by atomic mass is 32.2. The van der Waals surface area contributed by atoms with Gasteiger partial charge in [-0.25, -0.2) is 0 Å². The summed E-state index contributed by atoms with van der Waals surface area (Å²) < 4.78 is 10.7. The summed E-state index contributed by atoms with van der Waals surface area (Å²) in [4.78, 5) is 1.01. The lowest BCUT2D eigenvalue weighted by molar-refractivity contribution is 0.386. The molecule has 0 aromatic heterocycles. The van der Waals surface area contributed by atoms with Crippen LogP contribution in [-0.4, -0.2) is 20.5 Å². The van der Waals surface area contributed by atoms with E-state index in [0.29, 0.717) is 12.8 Å². The molecule has 1 unspecified atom stereocenters. The maximum absolute atomic E-state index is 8.61. The number of methoxy groups -OCH3 is 2. The van der Waals surface area contributed by atoms with E-state index in [1.165, 1.54) is 0 Å². The van der Waals surface area contributed by atoms with Crippen molar-refractivity contribution in [1.82, 2.24) is 0 Å². The molecule has 0 radical (unpaired) electrons. The molecule has 0 spiro atoms. The lowest BCUT2D eigenvalue weighted by Gasteiger charge is -2.17. The van der Waals surface area contributed by atoms with Gasteiger partial charge >= 0.3 is 0 Å². The molecule has 0 aliphatic heterocycles. The standard InChI is InChI=1S/C13H18N2O2S/c1-16-11-8-13(18-3)12(17-2)7-9(11)10(15)5-4-6-14/h7-8,10H,4-5,15H2,1-3H3. The van der Waals surface area contributed by atoms with Gasteiger partial charge in [0.05, 0.1) is 25.2 Å². The fourth-order valence-electron chi connectivity index (χ4n) is 1.72. The predicted molar refractivity (Wildman–Crippen MR) is 73.1 cm³/mol. The summed E-state index contributed by atoms with van der Waals surface area (Å²) in [6, 6.07) is 5.70. The summed E-state index contributed by atoms with van der Waals surface area (Å²) in [6.07, 6.45) is 3.01. The van der Waals surface area contributed by atoms with E-state index in [1.54, 1.807) is 26.0 Å². The van der Waals surface area contributed by atoms with E-state index >= 15 is 0 Å². The van der Waals surface area contributed by atoms with Gasteiger partial charge in [-0.2, -0.15) is 5.26 Å². The maximum Gasteiger partial charge on any atom is 0.133 e. The molecule has 1 atom stereocenters. The minimum Gasteiger partial charge on any atom is -0.496 e. The summed E-state index contributed by atoms with van der Waals surface area (Å²) in [5, 5.41) is 8.61.